The van der Waals surface area contributed by atoms with Crippen molar-refractivity contribution in [3.63, 3.8) is 0 Å². The van der Waals surface area contributed by atoms with Crippen LogP contribution in [0.5, 0.6) is 5.75 Å². The number of alkyl halides is 3. The molecule has 0 aromatic heterocycles. The number of fused-ring (bicyclic) bond motifs is 3. The summed E-state index contributed by atoms with van der Waals surface area (Å²) < 4.78 is 51.3. The Hall–Kier alpha value is -1.63. The van der Waals surface area contributed by atoms with Crippen LogP contribution < -0.4 is 10.1 Å². The van der Waals surface area contributed by atoms with Crippen LogP contribution in [0.15, 0.2) is 24.3 Å². The molecule has 2 aliphatic heterocycles. The van der Waals surface area contributed by atoms with Crippen molar-refractivity contribution in [2.75, 3.05) is 19.0 Å². The van der Waals surface area contributed by atoms with Gasteiger partial charge in [-0.1, -0.05) is 23.2 Å². The smallest absolute Gasteiger partial charge is 0.416 e. The van der Waals surface area contributed by atoms with Crippen molar-refractivity contribution in [2.45, 2.75) is 31.7 Å². The molecule has 2 aromatic carbocycles. The van der Waals surface area contributed by atoms with Crippen LogP contribution in [-0.2, 0) is 10.9 Å². The number of hydrogen-bond donors (Lipinski definition) is 1. The molecule has 8 heteroatoms. The highest BCUT2D eigenvalue weighted by Gasteiger charge is 2.45. The normalized spacial score (nSPS) is 23.8. The van der Waals surface area contributed by atoms with Crippen molar-refractivity contribution in [2.24, 2.45) is 5.92 Å². The number of methoxy groups -OCH3 is 1. The molecule has 4 rings (SSSR count). The number of anilines is 1. The Morgan fingerprint density at radius 2 is 1.93 bits per heavy atom. The van der Waals surface area contributed by atoms with E-state index >= 15 is 0 Å². The summed E-state index contributed by atoms with van der Waals surface area (Å²) in [6, 6.07) is 4.67. The number of nitrogens with one attached hydrogen (secondary N) is 1. The molecule has 3 atom stereocenters. The molecule has 2 aromatic rings. The molecule has 0 spiro atoms. The Morgan fingerprint density at radius 3 is 2.61 bits per heavy atom. The van der Waals surface area contributed by atoms with Gasteiger partial charge in [-0.05, 0) is 42.7 Å². The summed E-state index contributed by atoms with van der Waals surface area (Å²) in [5.41, 5.74) is 2.12. The predicted octanol–water partition coefficient (Wildman–Crippen LogP) is 6.57. The van der Waals surface area contributed by atoms with Gasteiger partial charge in [0.1, 0.15) is 5.75 Å². The van der Waals surface area contributed by atoms with Gasteiger partial charge < -0.3 is 14.8 Å². The molecule has 0 amide bonds. The number of ether oxygens (including phenoxy) is 2. The molecular formula is C20H18Cl2F3NO2. The number of halogens is 5. The second-order valence-electron chi connectivity index (χ2n) is 7.07. The lowest BCUT2D eigenvalue weighted by Crippen LogP contribution is -2.30. The predicted molar refractivity (Wildman–Crippen MR) is 102 cm³/mol. The van der Waals surface area contributed by atoms with Crippen LogP contribution in [-0.4, -0.2) is 13.7 Å². The molecule has 2 heterocycles. The topological polar surface area (TPSA) is 30.5 Å². The molecule has 0 saturated carbocycles. The van der Waals surface area contributed by atoms with E-state index in [1.54, 1.807) is 6.07 Å². The van der Waals surface area contributed by atoms with Crippen LogP contribution in [0.25, 0.3) is 0 Å². The Bertz CT molecular complexity index is 933. The third-order valence-corrected chi connectivity index (χ3v) is 6.30. The monoisotopic (exact) mass is 431 g/mol. The molecule has 2 aliphatic rings. The van der Waals surface area contributed by atoms with E-state index in [1.807, 2.05) is 6.92 Å². The molecule has 0 aliphatic carbocycles. The van der Waals surface area contributed by atoms with E-state index in [9.17, 15) is 13.2 Å². The number of rotatable bonds is 2. The maximum absolute atomic E-state index is 13.3. The maximum atomic E-state index is 13.3. The van der Waals surface area contributed by atoms with Gasteiger partial charge in [0.05, 0.1) is 30.5 Å². The van der Waals surface area contributed by atoms with Gasteiger partial charge in [-0.25, -0.2) is 0 Å². The lowest BCUT2D eigenvalue weighted by Gasteiger charge is -2.38. The van der Waals surface area contributed by atoms with E-state index < -0.39 is 17.8 Å². The van der Waals surface area contributed by atoms with Crippen LogP contribution in [0.2, 0.25) is 10.0 Å². The van der Waals surface area contributed by atoms with Gasteiger partial charge in [0, 0.05) is 34.2 Å². The summed E-state index contributed by atoms with van der Waals surface area (Å²) in [5, 5.41) is 4.22. The molecule has 3 unspecified atom stereocenters. The van der Waals surface area contributed by atoms with E-state index in [-0.39, 0.29) is 17.0 Å². The Balaban J connectivity index is 1.87. The van der Waals surface area contributed by atoms with Crippen molar-refractivity contribution in [1.29, 1.82) is 0 Å². The summed E-state index contributed by atoms with van der Waals surface area (Å²) >= 11 is 12.7. The Labute approximate surface area is 170 Å². The molecule has 1 fully saturated rings. The molecule has 150 valence electrons. The van der Waals surface area contributed by atoms with Crippen molar-refractivity contribution in [3.05, 3.63) is 56.6 Å². The van der Waals surface area contributed by atoms with Crippen LogP contribution in [0, 0.1) is 12.8 Å². The fourth-order valence-electron chi connectivity index (χ4n) is 4.18. The first-order valence-electron chi connectivity index (χ1n) is 8.84. The highest BCUT2D eigenvalue weighted by molar-refractivity contribution is 6.32. The van der Waals surface area contributed by atoms with Crippen molar-refractivity contribution in [3.8, 4) is 5.75 Å². The van der Waals surface area contributed by atoms with Crippen molar-refractivity contribution >= 4 is 28.9 Å². The Kier molecular flexibility index (Phi) is 4.92. The first-order chi connectivity index (χ1) is 13.2. The lowest BCUT2D eigenvalue weighted by molar-refractivity contribution is -0.137. The summed E-state index contributed by atoms with van der Waals surface area (Å²) in [6.45, 7) is 2.41. The molecule has 3 nitrogen and oxygen atoms in total. The summed E-state index contributed by atoms with van der Waals surface area (Å²) in [6.07, 6.45) is -4.04. The third-order valence-electron chi connectivity index (χ3n) is 5.56. The molecule has 0 bridgehead atoms. The molecule has 28 heavy (non-hydrogen) atoms. The minimum atomic E-state index is -4.45. The maximum Gasteiger partial charge on any atom is 0.416 e. The van der Waals surface area contributed by atoms with Gasteiger partial charge in [-0.2, -0.15) is 13.2 Å². The minimum Gasteiger partial charge on any atom is -0.495 e. The summed E-state index contributed by atoms with van der Waals surface area (Å²) in [4.78, 5) is 0. The first kappa shape index (κ1) is 19.7. The molecule has 0 radical (unpaired) electrons. The SMILES string of the molecule is COc1cc(Cl)c(C)c2c1NC(c1cc(C(F)(F)F)ccc1Cl)C1CCOC21. The van der Waals surface area contributed by atoms with Crippen LogP contribution >= 0.6 is 23.2 Å². The third kappa shape index (κ3) is 3.11. The van der Waals surface area contributed by atoms with E-state index in [0.717, 1.165) is 23.3 Å². The summed E-state index contributed by atoms with van der Waals surface area (Å²) in [5.74, 6) is 0.447. The zero-order valence-corrected chi connectivity index (χ0v) is 16.7. The fourth-order valence-corrected chi connectivity index (χ4v) is 4.62. The molecular weight excluding hydrogens is 414 g/mol. The van der Waals surface area contributed by atoms with E-state index in [1.165, 1.54) is 13.2 Å². The quantitative estimate of drug-likeness (QED) is 0.582. The average molecular weight is 432 g/mol. The van der Waals surface area contributed by atoms with Crippen LogP contribution in [0.4, 0.5) is 18.9 Å². The fraction of sp³-hybridized carbons (Fsp3) is 0.400. The van der Waals surface area contributed by atoms with Gasteiger partial charge in [-0.15, -0.1) is 0 Å². The van der Waals surface area contributed by atoms with Gasteiger partial charge in [0.2, 0.25) is 0 Å². The minimum absolute atomic E-state index is 0.0737. The molecule has 1 saturated heterocycles. The second kappa shape index (κ2) is 7.01. The highest BCUT2D eigenvalue weighted by atomic mass is 35.5. The zero-order valence-electron chi connectivity index (χ0n) is 15.2. The Morgan fingerprint density at radius 1 is 1.18 bits per heavy atom. The lowest BCUT2D eigenvalue weighted by atomic mass is 9.79. The van der Waals surface area contributed by atoms with Gasteiger partial charge >= 0.3 is 6.18 Å². The molecule has 1 N–H and O–H groups in total. The van der Waals surface area contributed by atoms with Gasteiger partial charge in [0.15, 0.2) is 0 Å². The highest BCUT2D eigenvalue weighted by Crippen LogP contribution is 2.55. The van der Waals surface area contributed by atoms with Crippen molar-refractivity contribution < 1.29 is 22.6 Å². The van der Waals surface area contributed by atoms with Crippen molar-refractivity contribution in [1.82, 2.24) is 0 Å². The van der Waals surface area contributed by atoms with Gasteiger partial charge in [-0.3, -0.25) is 0 Å². The largest absolute Gasteiger partial charge is 0.495 e. The van der Waals surface area contributed by atoms with Crippen LogP contribution in [0.1, 0.15) is 40.8 Å². The van der Waals surface area contributed by atoms with E-state index in [2.05, 4.69) is 5.32 Å². The standard InChI is InChI=1S/C20H18Cl2F3NO2/c1-9-14(22)8-15(27-2)18-16(9)19-11(5-6-28-19)17(26-18)12-7-10(20(23,24)25)3-4-13(12)21/h3-4,7-8,11,17,19,26H,5-6H2,1-2H3. The average Bonchev–Trinajstić information content (AvgIpc) is 3.13. The first-order valence-corrected chi connectivity index (χ1v) is 9.59. The second-order valence-corrected chi connectivity index (χ2v) is 7.89. The zero-order chi connectivity index (χ0) is 20.2. The van der Waals surface area contributed by atoms with E-state index in [4.69, 9.17) is 32.7 Å². The van der Waals surface area contributed by atoms with Crippen LogP contribution in [0.3, 0.4) is 0 Å². The number of hydrogen-bond acceptors (Lipinski definition) is 3. The number of benzene rings is 2. The summed E-state index contributed by atoms with van der Waals surface area (Å²) in [7, 11) is 1.52. The van der Waals surface area contributed by atoms with E-state index in [0.29, 0.717) is 35.1 Å². The van der Waals surface area contributed by atoms with Gasteiger partial charge in [0.25, 0.3) is 0 Å².